The summed E-state index contributed by atoms with van der Waals surface area (Å²) in [5.74, 6) is -0.212. The molecule has 4 aromatic rings. The average Bonchev–Trinajstić information content (AvgIpc) is 3.46. The Bertz CT molecular complexity index is 1640. The van der Waals surface area contributed by atoms with Crippen molar-refractivity contribution in [3.8, 4) is 11.5 Å². The number of carbonyl (C=O) groups is 1. The van der Waals surface area contributed by atoms with E-state index in [0.717, 1.165) is 80.3 Å². The van der Waals surface area contributed by atoms with Gasteiger partial charge in [-0.15, -0.1) is 0 Å². The van der Waals surface area contributed by atoms with E-state index in [1.807, 2.05) is 49.6 Å². The van der Waals surface area contributed by atoms with Crippen LogP contribution < -0.4 is 15.0 Å². The number of hydrogen-bond acceptors (Lipinski definition) is 6. The van der Waals surface area contributed by atoms with Gasteiger partial charge in [0.15, 0.2) is 0 Å². The van der Waals surface area contributed by atoms with Gasteiger partial charge in [0.25, 0.3) is 0 Å². The minimum atomic E-state index is -1.02. The highest BCUT2D eigenvalue weighted by Gasteiger charge is 2.32. The normalized spacial score (nSPS) is 19.7. The molecule has 0 radical (unpaired) electrons. The molecule has 43 heavy (non-hydrogen) atoms. The Balaban J connectivity index is 1.17. The zero-order chi connectivity index (χ0) is 30.0. The van der Waals surface area contributed by atoms with Gasteiger partial charge in [-0.3, -0.25) is 4.90 Å². The molecule has 2 aromatic carbocycles. The number of nitrogens with one attached hydrogen (secondary N) is 2. The molecule has 3 heterocycles. The van der Waals surface area contributed by atoms with Crippen LogP contribution in [0.15, 0.2) is 72.6 Å². The number of allylic oxidation sites excluding steroid dienone is 1. The Hall–Kier alpha value is -3.85. The molecule has 6 rings (SSSR count). The van der Waals surface area contributed by atoms with E-state index in [1.54, 1.807) is 12.3 Å². The minimum absolute atomic E-state index is 0.125. The largest absolute Gasteiger partial charge is 0.478 e. The lowest BCUT2D eigenvalue weighted by Crippen LogP contribution is -2.47. The molecule has 1 atom stereocenters. The Kier molecular flexibility index (Phi) is 8.43. The molecule has 2 aromatic heterocycles. The topological polar surface area (TPSA) is 93.7 Å². The fourth-order valence-corrected chi connectivity index (χ4v) is 6.67. The second kappa shape index (κ2) is 12.4. The van der Waals surface area contributed by atoms with Crippen LogP contribution in [0.4, 0.5) is 5.69 Å². The predicted octanol–water partition coefficient (Wildman–Crippen LogP) is 6.69. The monoisotopic (exact) mass is 599 g/mol. The summed E-state index contributed by atoms with van der Waals surface area (Å²) in [5, 5.41) is 14.9. The first-order valence-electron chi connectivity index (χ1n) is 14.9. The number of aromatic nitrogens is 2. The van der Waals surface area contributed by atoms with Gasteiger partial charge >= 0.3 is 5.97 Å². The number of H-pyrrole nitrogens is 1. The number of halogens is 1. The summed E-state index contributed by atoms with van der Waals surface area (Å²) in [4.78, 5) is 24.3. The van der Waals surface area contributed by atoms with Gasteiger partial charge in [-0.1, -0.05) is 36.2 Å². The van der Waals surface area contributed by atoms with Crippen molar-refractivity contribution < 1.29 is 14.6 Å². The molecular weight excluding hydrogens is 562 g/mol. The first kappa shape index (κ1) is 29.2. The van der Waals surface area contributed by atoms with Crippen LogP contribution in [0.2, 0.25) is 5.02 Å². The summed E-state index contributed by atoms with van der Waals surface area (Å²) < 4.78 is 6.09. The Morgan fingerprint density at radius 1 is 1.12 bits per heavy atom. The fourth-order valence-electron chi connectivity index (χ4n) is 6.55. The summed E-state index contributed by atoms with van der Waals surface area (Å²) in [5.41, 5.74) is 6.34. The number of fused-ring (bicyclic) bond motifs is 1. The molecule has 3 N–H and O–H groups in total. The molecule has 1 aliphatic heterocycles. The maximum atomic E-state index is 12.0. The Morgan fingerprint density at radius 2 is 1.91 bits per heavy atom. The maximum absolute atomic E-state index is 12.0. The molecule has 0 amide bonds. The van der Waals surface area contributed by atoms with Crippen molar-refractivity contribution in [2.75, 3.05) is 51.2 Å². The van der Waals surface area contributed by atoms with Crippen LogP contribution in [-0.2, 0) is 0 Å². The van der Waals surface area contributed by atoms with Gasteiger partial charge in [0.2, 0.25) is 0 Å². The molecular formula is C34H38ClN5O3. The highest BCUT2D eigenvalue weighted by molar-refractivity contribution is 6.30. The first-order chi connectivity index (χ1) is 20.8. The third kappa shape index (κ3) is 6.56. The number of aromatic carboxylic acids is 1. The lowest BCUT2D eigenvalue weighted by Gasteiger charge is -2.41. The molecule has 0 saturated carbocycles. The van der Waals surface area contributed by atoms with Crippen molar-refractivity contribution in [2.45, 2.75) is 26.2 Å². The highest BCUT2D eigenvalue weighted by Crippen LogP contribution is 2.43. The van der Waals surface area contributed by atoms with Gasteiger partial charge in [-0.05, 0) is 79.3 Å². The van der Waals surface area contributed by atoms with E-state index in [-0.39, 0.29) is 11.0 Å². The summed E-state index contributed by atoms with van der Waals surface area (Å²) in [6.07, 6.45) is 6.73. The van der Waals surface area contributed by atoms with E-state index in [0.29, 0.717) is 11.5 Å². The summed E-state index contributed by atoms with van der Waals surface area (Å²) in [6, 6.07) is 17.4. The van der Waals surface area contributed by atoms with Gasteiger partial charge in [0.05, 0.1) is 6.20 Å². The number of nitrogens with zero attached hydrogens (tertiary/aromatic N) is 3. The molecule has 0 spiro atoms. The van der Waals surface area contributed by atoms with Crippen LogP contribution in [0.3, 0.4) is 0 Å². The smallest absolute Gasteiger partial charge is 0.339 e. The molecule has 2 aliphatic rings. The summed E-state index contributed by atoms with van der Waals surface area (Å²) in [7, 11) is 2.04. The number of anilines is 1. The average molecular weight is 600 g/mol. The van der Waals surface area contributed by atoms with Gasteiger partial charge in [0, 0.05) is 67.6 Å². The van der Waals surface area contributed by atoms with E-state index < -0.39 is 5.97 Å². The molecule has 1 saturated heterocycles. The summed E-state index contributed by atoms with van der Waals surface area (Å²) >= 11 is 6.21. The van der Waals surface area contributed by atoms with Gasteiger partial charge < -0.3 is 25.0 Å². The predicted molar refractivity (Wildman–Crippen MR) is 172 cm³/mol. The number of carboxylic acids is 1. The first-order valence-corrected chi connectivity index (χ1v) is 15.3. The van der Waals surface area contributed by atoms with E-state index in [4.69, 9.17) is 16.3 Å². The van der Waals surface area contributed by atoms with Crippen molar-refractivity contribution in [1.82, 2.24) is 20.2 Å². The van der Waals surface area contributed by atoms with Crippen LogP contribution >= 0.6 is 11.6 Å². The lowest BCUT2D eigenvalue weighted by atomic mass is 9.71. The zero-order valence-electron chi connectivity index (χ0n) is 24.7. The molecule has 224 valence electrons. The number of ether oxygens (including phenoxy) is 1. The van der Waals surface area contributed by atoms with Crippen LogP contribution in [0.25, 0.3) is 16.6 Å². The second-order valence-electron chi connectivity index (χ2n) is 12.0. The van der Waals surface area contributed by atoms with E-state index in [9.17, 15) is 9.90 Å². The number of piperazine rings is 1. The maximum Gasteiger partial charge on any atom is 0.339 e. The van der Waals surface area contributed by atoms with Crippen molar-refractivity contribution in [2.24, 2.45) is 5.41 Å². The number of hydrogen-bond donors (Lipinski definition) is 3. The Labute approximate surface area is 257 Å². The van der Waals surface area contributed by atoms with E-state index in [2.05, 4.69) is 44.1 Å². The third-order valence-electron chi connectivity index (χ3n) is 8.79. The standard InChI is InChI=1S/C34H38ClN5O3/c1-34(22-36-2)11-9-29(23-3-5-26(35)6-4-23)25(19-34)21-39-13-15-40(16-14-39)27-7-8-30(33(41)42)31(18-27)43-28-17-24-10-12-37-32(24)38-20-28/h3-8,10,12,17-18,20,36H,9,11,13-16,19,21-22H2,1-2H3,(H,37,38)(H,41,42)/t34-/m1/s1. The Morgan fingerprint density at radius 3 is 2.65 bits per heavy atom. The van der Waals surface area contributed by atoms with Gasteiger partial charge in [-0.2, -0.15) is 0 Å². The van der Waals surface area contributed by atoms with Crippen molar-refractivity contribution in [1.29, 1.82) is 0 Å². The fraction of sp³-hybridized carbons (Fsp3) is 0.353. The molecule has 9 heteroatoms. The zero-order valence-corrected chi connectivity index (χ0v) is 25.5. The molecule has 1 fully saturated rings. The third-order valence-corrected chi connectivity index (χ3v) is 9.04. The van der Waals surface area contributed by atoms with Crippen LogP contribution in [0.5, 0.6) is 11.5 Å². The van der Waals surface area contributed by atoms with Crippen LogP contribution in [-0.4, -0.2) is 72.3 Å². The van der Waals surface area contributed by atoms with Gasteiger partial charge in [-0.25, -0.2) is 9.78 Å². The molecule has 0 unspecified atom stereocenters. The van der Waals surface area contributed by atoms with Crippen LogP contribution in [0, 0.1) is 5.41 Å². The minimum Gasteiger partial charge on any atom is -0.478 e. The van der Waals surface area contributed by atoms with Gasteiger partial charge in [0.1, 0.15) is 22.7 Å². The van der Waals surface area contributed by atoms with Crippen molar-refractivity contribution >= 4 is 39.9 Å². The van der Waals surface area contributed by atoms with Crippen molar-refractivity contribution in [3.63, 3.8) is 0 Å². The highest BCUT2D eigenvalue weighted by atomic mass is 35.5. The number of aromatic amines is 1. The number of carboxylic acid groups (broad SMARTS) is 1. The number of rotatable bonds is 9. The lowest BCUT2D eigenvalue weighted by molar-refractivity contribution is 0.0694. The van der Waals surface area contributed by atoms with E-state index in [1.165, 1.54) is 16.7 Å². The molecule has 1 aliphatic carbocycles. The summed E-state index contributed by atoms with van der Waals surface area (Å²) in [6.45, 7) is 7.89. The van der Waals surface area contributed by atoms with Crippen LogP contribution in [0.1, 0.15) is 42.1 Å². The van der Waals surface area contributed by atoms with E-state index >= 15 is 0 Å². The number of pyridine rings is 1. The number of benzene rings is 2. The van der Waals surface area contributed by atoms with Crippen molar-refractivity contribution in [3.05, 3.63) is 88.7 Å². The SMILES string of the molecule is CNC[C@]1(C)CCC(c2ccc(Cl)cc2)=C(CN2CCN(c3ccc(C(=O)O)c(Oc4cnc5[nH]ccc5c4)c3)CC2)C1. The molecule has 8 nitrogen and oxygen atoms in total. The molecule has 0 bridgehead atoms. The quantitative estimate of drug-likeness (QED) is 0.197. The second-order valence-corrected chi connectivity index (χ2v) is 12.5.